The predicted octanol–water partition coefficient (Wildman–Crippen LogP) is 4.07. The molecule has 31 heavy (non-hydrogen) atoms. The van der Waals surface area contributed by atoms with Crippen LogP contribution in [0.2, 0.25) is 0 Å². The van der Waals surface area contributed by atoms with Crippen molar-refractivity contribution in [2.45, 2.75) is 74.8 Å². The van der Waals surface area contributed by atoms with E-state index in [0.29, 0.717) is 25.9 Å². The molecule has 170 valence electrons. The van der Waals surface area contributed by atoms with Gasteiger partial charge in [0.15, 0.2) is 0 Å². The molecule has 0 heterocycles. The number of carboxylic acids is 1. The molecule has 0 aromatic heterocycles. The molecule has 2 N–H and O–H groups in total. The van der Waals surface area contributed by atoms with Crippen LogP contribution in [0.15, 0.2) is 30.3 Å². The van der Waals surface area contributed by atoms with Crippen molar-refractivity contribution in [1.29, 1.82) is 0 Å². The van der Waals surface area contributed by atoms with Crippen molar-refractivity contribution in [3.63, 3.8) is 0 Å². The van der Waals surface area contributed by atoms with Crippen molar-refractivity contribution in [2.75, 3.05) is 13.4 Å². The van der Waals surface area contributed by atoms with Gasteiger partial charge < -0.3 is 19.9 Å². The molecule has 4 rings (SSSR count). The molecule has 0 saturated heterocycles. The summed E-state index contributed by atoms with van der Waals surface area (Å²) in [6, 6.07) is 9.79. The molecule has 1 unspecified atom stereocenters. The third kappa shape index (κ3) is 4.76. The van der Waals surface area contributed by atoms with Gasteiger partial charge in [-0.1, -0.05) is 30.3 Å². The van der Waals surface area contributed by atoms with Crippen molar-refractivity contribution >= 4 is 23.5 Å². The van der Waals surface area contributed by atoms with Crippen LogP contribution < -0.4 is 5.32 Å². The number of hydrogen-bond donors (Lipinski definition) is 2. The van der Waals surface area contributed by atoms with Crippen LogP contribution in [-0.4, -0.2) is 47.4 Å². The fourth-order valence-corrected chi connectivity index (χ4v) is 5.48. The van der Waals surface area contributed by atoms with Gasteiger partial charge in [-0.3, -0.25) is 9.59 Å². The summed E-state index contributed by atoms with van der Waals surface area (Å²) in [5, 5.41) is 13.5. The van der Waals surface area contributed by atoms with E-state index in [-0.39, 0.29) is 36.0 Å². The lowest BCUT2D eigenvalue weighted by molar-refractivity contribution is -0.145. The summed E-state index contributed by atoms with van der Waals surface area (Å²) >= 11 is 6.20. The van der Waals surface area contributed by atoms with Crippen LogP contribution >= 0.6 is 11.6 Å². The molecule has 3 aliphatic rings. The molecule has 3 saturated carbocycles. The van der Waals surface area contributed by atoms with E-state index in [1.54, 1.807) is 0 Å². The molecule has 0 bridgehead atoms. The molecular formula is C24H32ClNO5. The van der Waals surface area contributed by atoms with Crippen molar-refractivity contribution in [1.82, 2.24) is 5.32 Å². The van der Waals surface area contributed by atoms with Crippen LogP contribution in [0.4, 0.5) is 0 Å². The van der Waals surface area contributed by atoms with E-state index in [0.717, 1.165) is 31.2 Å². The zero-order chi connectivity index (χ0) is 22.1. The minimum Gasteiger partial charge on any atom is -0.481 e. The molecule has 3 aliphatic carbocycles. The van der Waals surface area contributed by atoms with Gasteiger partial charge >= 0.3 is 5.97 Å². The van der Waals surface area contributed by atoms with Crippen LogP contribution in [0.1, 0.15) is 63.4 Å². The Morgan fingerprint density at radius 2 is 1.87 bits per heavy atom. The van der Waals surface area contributed by atoms with E-state index in [1.807, 2.05) is 37.3 Å². The molecule has 0 spiro atoms. The molecule has 1 aromatic rings. The molecule has 1 amide bonds. The summed E-state index contributed by atoms with van der Waals surface area (Å²) < 4.78 is 11.2. The SMILES string of the molecule is CCOCO[C@@H]1C[C@]1(C[C@@]1(C(=O)O)CC1c1ccccc1)NC(=O)C1CCC(Cl)CC1. The van der Waals surface area contributed by atoms with Gasteiger partial charge in [0.05, 0.1) is 17.1 Å². The second kappa shape index (κ2) is 9.08. The number of rotatable bonds is 10. The topological polar surface area (TPSA) is 84.9 Å². The monoisotopic (exact) mass is 449 g/mol. The van der Waals surface area contributed by atoms with E-state index in [2.05, 4.69) is 5.32 Å². The fourth-order valence-electron chi connectivity index (χ4n) is 5.23. The number of hydrogen-bond acceptors (Lipinski definition) is 4. The normalized spacial score (nSPS) is 36.6. The average molecular weight is 450 g/mol. The Labute approximate surface area is 188 Å². The van der Waals surface area contributed by atoms with Gasteiger partial charge in [0.2, 0.25) is 5.91 Å². The lowest BCUT2D eigenvalue weighted by Gasteiger charge is -2.29. The van der Waals surface area contributed by atoms with Crippen LogP contribution in [0, 0.1) is 11.3 Å². The smallest absolute Gasteiger partial charge is 0.310 e. The third-order valence-corrected chi connectivity index (χ3v) is 7.73. The van der Waals surface area contributed by atoms with Gasteiger partial charge in [-0.2, -0.15) is 0 Å². The maximum atomic E-state index is 13.1. The first-order valence-electron chi connectivity index (χ1n) is 11.3. The maximum Gasteiger partial charge on any atom is 0.310 e. The summed E-state index contributed by atoms with van der Waals surface area (Å²) in [5.41, 5.74) is -0.473. The van der Waals surface area contributed by atoms with E-state index in [9.17, 15) is 14.7 Å². The Bertz CT molecular complexity index is 796. The molecule has 7 heteroatoms. The number of alkyl halides is 1. The zero-order valence-corrected chi connectivity index (χ0v) is 18.8. The molecule has 1 aromatic carbocycles. The first-order chi connectivity index (χ1) is 14.9. The van der Waals surface area contributed by atoms with Crippen molar-refractivity contribution in [2.24, 2.45) is 11.3 Å². The highest BCUT2D eigenvalue weighted by Crippen LogP contribution is 2.66. The van der Waals surface area contributed by atoms with Gasteiger partial charge in [0.1, 0.15) is 6.79 Å². The first kappa shape index (κ1) is 22.6. The van der Waals surface area contributed by atoms with Gasteiger partial charge in [0.25, 0.3) is 0 Å². The number of aliphatic carboxylic acids is 1. The minimum atomic E-state index is -0.869. The van der Waals surface area contributed by atoms with Gasteiger partial charge in [0, 0.05) is 30.2 Å². The number of nitrogens with one attached hydrogen (secondary N) is 1. The molecule has 0 radical (unpaired) electrons. The summed E-state index contributed by atoms with van der Waals surface area (Å²) in [7, 11) is 0. The Morgan fingerprint density at radius 1 is 1.16 bits per heavy atom. The van der Waals surface area contributed by atoms with Crippen LogP contribution in [-0.2, 0) is 19.1 Å². The van der Waals surface area contributed by atoms with E-state index >= 15 is 0 Å². The predicted molar refractivity (Wildman–Crippen MR) is 117 cm³/mol. The van der Waals surface area contributed by atoms with Crippen molar-refractivity contribution in [3.8, 4) is 0 Å². The third-order valence-electron chi connectivity index (χ3n) is 7.30. The lowest BCUT2D eigenvalue weighted by atomic mass is 9.86. The highest BCUT2D eigenvalue weighted by atomic mass is 35.5. The van der Waals surface area contributed by atoms with E-state index < -0.39 is 16.9 Å². The number of halogens is 1. The van der Waals surface area contributed by atoms with Gasteiger partial charge in [-0.25, -0.2) is 0 Å². The van der Waals surface area contributed by atoms with Gasteiger partial charge in [-0.15, -0.1) is 11.6 Å². The molecule has 4 atom stereocenters. The summed E-state index contributed by atoms with van der Waals surface area (Å²) in [6.07, 6.45) is 4.59. The quantitative estimate of drug-likeness (QED) is 0.319. The van der Waals surface area contributed by atoms with Crippen LogP contribution in [0.5, 0.6) is 0 Å². The molecule has 3 fully saturated rings. The number of carbonyl (C=O) groups excluding carboxylic acids is 1. The van der Waals surface area contributed by atoms with Gasteiger partial charge in [-0.05, 0) is 51.0 Å². The number of ether oxygens (including phenoxy) is 2. The number of amides is 1. The molecular weight excluding hydrogens is 418 g/mol. The minimum absolute atomic E-state index is 0.00327. The Hall–Kier alpha value is -1.63. The van der Waals surface area contributed by atoms with E-state index in [1.165, 1.54) is 0 Å². The number of benzene rings is 1. The Kier molecular flexibility index (Phi) is 6.61. The highest BCUT2D eigenvalue weighted by molar-refractivity contribution is 6.20. The van der Waals surface area contributed by atoms with E-state index in [4.69, 9.17) is 21.1 Å². The second-order valence-corrected chi connectivity index (χ2v) is 9.99. The van der Waals surface area contributed by atoms with Crippen molar-refractivity contribution in [3.05, 3.63) is 35.9 Å². The van der Waals surface area contributed by atoms with Crippen molar-refractivity contribution < 1.29 is 24.2 Å². The number of carboxylic acid groups (broad SMARTS) is 1. The molecule has 0 aliphatic heterocycles. The zero-order valence-electron chi connectivity index (χ0n) is 18.0. The summed E-state index contributed by atoms with van der Waals surface area (Å²) in [4.78, 5) is 25.4. The van der Waals surface area contributed by atoms with Crippen LogP contribution in [0.25, 0.3) is 0 Å². The maximum absolute atomic E-state index is 13.1. The largest absolute Gasteiger partial charge is 0.481 e. The number of carbonyl (C=O) groups is 2. The summed E-state index contributed by atoms with van der Waals surface area (Å²) in [5.74, 6) is -0.902. The molecule has 6 nitrogen and oxygen atoms in total. The Morgan fingerprint density at radius 3 is 2.52 bits per heavy atom. The summed E-state index contributed by atoms with van der Waals surface area (Å²) in [6.45, 7) is 2.59. The second-order valence-electron chi connectivity index (χ2n) is 9.37. The lowest BCUT2D eigenvalue weighted by Crippen LogP contribution is -2.46. The highest BCUT2D eigenvalue weighted by Gasteiger charge is 2.69. The first-order valence-corrected chi connectivity index (χ1v) is 11.8. The Balaban J connectivity index is 1.48. The standard InChI is InChI=1S/C24H32ClNO5/c1-2-30-15-31-20-13-24(20,26-21(27)17-8-10-18(25)11-9-17)14-23(22(28)29)12-19(23)16-6-4-3-5-7-16/h3-7,17-20H,2,8-15H2,1H3,(H,26,27)(H,28,29)/t17?,18?,19?,20-,23+,24-/m1/s1. The average Bonchev–Trinajstić information content (AvgIpc) is 3.65. The fraction of sp³-hybridized carbons (Fsp3) is 0.667. The van der Waals surface area contributed by atoms with Crippen LogP contribution in [0.3, 0.4) is 0 Å².